The number of nitrogens with one attached hydrogen (secondary N) is 2. The molecule has 6 nitrogen and oxygen atoms in total. The van der Waals surface area contributed by atoms with E-state index in [1.165, 1.54) is 12.1 Å². The van der Waals surface area contributed by atoms with E-state index in [2.05, 4.69) is 5.32 Å². The summed E-state index contributed by atoms with van der Waals surface area (Å²) in [4.78, 5) is 23.9. The van der Waals surface area contributed by atoms with Gasteiger partial charge in [0, 0.05) is 0 Å². The Balaban J connectivity index is 1.54. The Labute approximate surface area is 208 Å². The van der Waals surface area contributed by atoms with Gasteiger partial charge in [0.05, 0.1) is 23.5 Å². The van der Waals surface area contributed by atoms with Crippen molar-refractivity contribution in [2.24, 2.45) is 5.73 Å². The first kappa shape index (κ1) is 26.9. The number of alkyl halides is 6. The zero-order valence-electron chi connectivity index (χ0n) is 19.4. The number of aliphatic carboxylic acids is 1. The lowest BCUT2D eigenvalue weighted by Crippen LogP contribution is -2.55. The number of carboxylic acid groups (broad SMARTS) is 1. The van der Waals surface area contributed by atoms with E-state index < -0.39 is 53.8 Å². The molecule has 0 heterocycles. The molecule has 37 heavy (non-hydrogen) atoms. The van der Waals surface area contributed by atoms with Gasteiger partial charge in [-0.05, 0) is 47.9 Å². The van der Waals surface area contributed by atoms with E-state index in [9.17, 15) is 41.0 Å². The summed E-state index contributed by atoms with van der Waals surface area (Å²) in [6.07, 6.45) is -10.00. The fraction of sp³-hybridized carbons (Fsp3) is 0.440. The number of carbonyl (C=O) groups excluding carboxylic acids is 1. The van der Waals surface area contributed by atoms with Crippen molar-refractivity contribution in [3.05, 3.63) is 59.7 Å². The molecule has 2 saturated carbocycles. The van der Waals surface area contributed by atoms with Crippen molar-refractivity contribution >= 4 is 11.9 Å². The van der Waals surface area contributed by atoms with Crippen LogP contribution in [-0.2, 0) is 15.0 Å². The predicted octanol–water partition coefficient (Wildman–Crippen LogP) is 4.55. The average molecular weight is 529 g/mol. The molecule has 2 atom stereocenters. The molecule has 2 aromatic rings. The first-order valence-electron chi connectivity index (χ1n) is 11.6. The molecule has 1 amide bonds. The summed E-state index contributed by atoms with van der Waals surface area (Å²) in [5, 5.41) is 13.5. The van der Waals surface area contributed by atoms with Crippen LogP contribution >= 0.6 is 0 Å². The second kappa shape index (κ2) is 9.32. The average Bonchev–Trinajstić information content (AvgIpc) is 3.72. The Morgan fingerprint density at radius 1 is 0.892 bits per heavy atom. The fourth-order valence-corrected chi connectivity index (χ4v) is 4.23. The monoisotopic (exact) mass is 529 g/mol. The van der Waals surface area contributed by atoms with Crippen molar-refractivity contribution in [1.82, 2.24) is 10.6 Å². The maximum Gasteiger partial charge on any atom is 0.407 e. The van der Waals surface area contributed by atoms with Crippen LogP contribution in [0.15, 0.2) is 48.5 Å². The largest absolute Gasteiger partial charge is 0.481 e. The van der Waals surface area contributed by atoms with E-state index in [0.717, 1.165) is 12.1 Å². The Bertz CT molecular complexity index is 1150. The van der Waals surface area contributed by atoms with Crippen molar-refractivity contribution < 1.29 is 41.0 Å². The summed E-state index contributed by atoms with van der Waals surface area (Å²) in [6.45, 7) is 0. The molecule has 2 aliphatic rings. The van der Waals surface area contributed by atoms with Crippen LogP contribution < -0.4 is 16.4 Å². The summed E-state index contributed by atoms with van der Waals surface area (Å²) in [5.74, 6) is -2.16. The van der Waals surface area contributed by atoms with Crippen LogP contribution in [0.25, 0.3) is 11.1 Å². The number of benzene rings is 2. The summed E-state index contributed by atoms with van der Waals surface area (Å²) >= 11 is 0. The van der Waals surface area contributed by atoms with Gasteiger partial charge in [-0.1, -0.05) is 48.5 Å². The molecule has 2 aliphatic carbocycles. The normalized spacial score (nSPS) is 19.5. The smallest absolute Gasteiger partial charge is 0.407 e. The van der Waals surface area contributed by atoms with Gasteiger partial charge in [-0.25, -0.2) is 0 Å². The van der Waals surface area contributed by atoms with Crippen LogP contribution in [0.2, 0.25) is 0 Å². The van der Waals surface area contributed by atoms with Gasteiger partial charge in [-0.3, -0.25) is 14.9 Å². The van der Waals surface area contributed by atoms with Crippen molar-refractivity contribution in [1.29, 1.82) is 0 Å². The topological polar surface area (TPSA) is 104 Å². The van der Waals surface area contributed by atoms with Crippen LogP contribution in [0.1, 0.15) is 49.3 Å². The maximum absolute atomic E-state index is 13.9. The fourth-order valence-electron chi connectivity index (χ4n) is 4.23. The molecule has 5 N–H and O–H groups in total. The summed E-state index contributed by atoms with van der Waals surface area (Å²) in [6, 6.07) is 6.92. The van der Waals surface area contributed by atoms with Crippen molar-refractivity contribution in [2.45, 2.75) is 67.6 Å². The van der Waals surface area contributed by atoms with E-state index in [1.807, 2.05) is 5.32 Å². The number of hydrogen-bond donors (Lipinski definition) is 4. The molecular weight excluding hydrogens is 504 g/mol. The van der Waals surface area contributed by atoms with Gasteiger partial charge in [0.25, 0.3) is 0 Å². The Hall–Kier alpha value is -3.12. The van der Waals surface area contributed by atoms with E-state index in [-0.39, 0.29) is 5.56 Å². The first-order chi connectivity index (χ1) is 17.1. The highest BCUT2D eigenvalue weighted by Crippen LogP contribution is 2.48. The zero-order chi connectivity index (χ0) is 27.2. The predicted molar refractivity (Wildman–Crippen MR) is 121 cm³/mol. The van der Waals surface area contributed by atoms with Crippen LogP contribution in [0.4, 0.5) is 26.3 Å². The first-order valence-corrected chi connectivity index (χ1v) is 11.6. The molecule has 200 valence electrons. The minimum atomic E-state index is -5.00. The van der Waals surface area contributed by atoms with Crippen molar-refractivity contribution in [3.8, 4) is 11.1 Å². The van der Waals surface area contributed by atoms with Gasteiger partial charge in [0.15, 0.2) is 0 Å². The lowest BCUT2D eigenvalue weighted by molar-refractivity contribution is -0.171. The van der Waals surface area contributed by atoms with Crippen molar-refractivity contribution in [2.75, 3.05) is 0 Å². The van der Waals surface area contributed by atoms with Crippen molar-refractivity contribution in [3.63, 3.8) is 0 Å². The Morgan fingerprint density at radius 2 is 1.41 bits per heavy atom. The molecular formula is C25H25F6N3O3. The second-order valence-corrected chi connectivity index (χ2v) is 9.75. The third-order valence-electron chi connectivity index (χ3n) is 6.78. The number of rotatable bonds is 9. The Morgan fingerprint density at radius 3 is 1.81 bits per heavy atom. The minimum Gasteiger partial charge on any atom is -0.481 e. The van der Waals surface area contributed by atoms with Gasteiger partial charge < -0.3 is 16.2 Å². The number of halogens is 6. The number of hydrogen-bond acceptors (Lipinski definition) is 4. The van der Waals surface area contributed by atoms with Crippen LogP contribution in [0, 0.1) is 0 Å². The standard InChI is InChI=1S/C25H25F6N3O3/c26-24(27,28)13-18(20(35)34-23(32)11-12-23)33-19(25(29,30)31)16-3-1-14(2-4-16)15-5-7-17(8-6-15)22(9-10-22)21(36)37/h1-8,18-19,33H,9-13,32H2,(H,34,35)(H,36,37)/t18-,19-/m0/s1. The van der Waals surface area contributed by atoms with Crippen LogP contribution in [0.3, 0.4) is 0 Å². The summed E-state index contributed by atoms with van der Waals surface area (Å²) < 4.78 is 81.0. The third kappa shape index (κ3) is 6.24. The van der Waals surface area contributed by atoms with Gasteiger partial charge in [-0.2, -0.15) is 26.3 Å². The van der Waals surface area contributed by atoms with Gasteiger partial charge in [0.1, 0.15) is 6.04 Å². The number of carboxylic acids is 1. The molecule has 0 spiro atoms. The molecule has 0 unspecified atom stereocenters. The quantitative estimate of drug-likeness (QED) is 0.282. The summed E-state index contributed by atoms with van der Waals surface area (Å²) in [5.41, 5.74) is 5.04. The highest BCUT2D eigenvalue weighted by Gasteiger charge is 2.51. The number of amides is 1. The number of nitrogens with two attached hydrogens (primary N) is 1. The molecule has 2 aromatic carbocycles. The molecule has 0 aromatic heterocycles. The minimum absolute atomic E-state index is 0.319. The summed E-state index contributed by atoms with van der Waals surface area (Å²) in [7, 11) is 0. The van der Waals surface area contributed by atoms with Gasteiger partial charge in [0.2, 0.25) is 5.91 Å². The van der Waals surface area contributed by atoms with E-state index in [1.54, 1.807) is 24.3 Å². The number of carbonyl (C=O) groups is 2. The van der Waals surface area contributed by atoms with Gasteiger partial charge >= 0.3 is 18.3 Å². The van der Waals surface area contributed by atoms with Gasteiger partial charge in [-0.15, -0.1) is 0 Å². The molecule has 4 rings (SSSR count). The van der Waals surface area contributed by atoms with E-state index >= 15 is 0 Å². The molecule has 2 fully saturated rings. The van der Waals surface area contributed by atoms with Crippen LogP contribution in [-0.4, -0.2) is 41.0 Å². The molecule has 0 aliphatic heterocycles. The Kier molecular flexibility index (Phi) is 6.78. The molecule has 0 radical (unpaired) electrons. The highest BCUT2D eigenvalue weighted by atomic mass is 19.4. The molecule has 0 bridgehead atoms. The zero-order valence-corrected chi connectivity index (χ0v) is 19.4. The molecule has 12 heteroatoms. The van der Waals surface area contributed by atoms with E-state index in [0.29, 0.717) is 42.4 Å². The third-order valence-corrected chi connectivity index (χ3v) is 6.78. The van der Waals surface area contributed by atoms with Crippen LogP contribution in [0.5, 0.6) is 0 Å². The second-order valence-electron chi connectivity index (χ2n) is 9.75. The highest BCUT2D eigenvalue weighted by molar-refractivity contribution is 5.85. The lowest BCUT2D eigenvalue weighted by atomic mass is 9.93. The maximum atomic E-state index is 13.9. The SMILES string of the molecule is NC1(NC(=O)[C@H](CC(F)(F)F)N[C@@H](c2ccc(-c3ccc(C4(C(=O)O)CC4)cc3)cc2)C(F)(F)F)CC1. The lowest BCUT2D eigenvalue weighted by Gasteiger charge is -2.29. The molecule has 0 saturated heterocycles. The van der Waals surface area contributed by atoms with E-state index in [4.69, 9.17) is 5.73 Å².